The van der Waals surface area contributed by atoms with E-state index in [0.717, 1.165) is 11.4 Å². The van der Waals surface area contributed by atoms with E-state index in [-0.39, 0.29) is 5.41 Å². The maximum Gasteiger partial charge on any atom is 0.0353 e. The second-order valence-electron chi connectivity index (χ2n) is 10.7. The van der Waals surface area contributed by atoms with E-state index in [4.69, 9.17) is 11.5 Å². The van der Waals surface area contributed by atoms with Gasteiger partial charge in [0.05, 0.1) is 0 Å². The molecule has 32 heavy (non-hydrogen) atoms. The van der Waals surface area contributed by atoms with Crippen LogP contribution in [0.1, 0.15) is 154 Å². The molecule has 1 fully saturated rings. The van der Waals surface area contributed by atoms with Crippen LogP contribution in [0.3, 0.4) is 0 Å². The predicted octanol–water partition coefficient (Wildman–Crippen LogP) is 9.70. The number of benzene rings is 1. The van der Waals surface area contributed by atoms with Crippen molar-refractivity contribution in [1.82, 2.24) is 0 Å². The fraction of sp³-hybridized carbons (Fsp3) is 0.800. The molecule has 0 unspecified atom stereocenters. The van der Waals surface area contributed by atoms with Crippen molar-refractivity contribution in [3.8, 4) is 0 Å². The molecule has 0 spiro atoms. The van der Waals surface area contributed by atoms with Crippen molar-refractivity contribution in [3.63, 3.8) is 0 Å². The quantitative estimate of drug-likeness (QED) is 0.175. The summed E-state index contributed by atoms with van der Waals surface area (Å²) in [4.78, 5) is 0. The molecule has 0 aromatic heterocycles. The minimum Gasteiger partial charge on any atom is -0.399 e. The number of hydrogen-bond donors (Lipinski definition) is 2. The van der Waals surface area contributed by atoms with Crippen molar-refractivity contribution in [1.29, 1.82) is 0 Å². The van der Waals surface area contributed by atoms with Gasteiger partial charge in [-0.15, -0.1) is 0 Å². The third-order valence-corrected chi connectivity index (χ3v) is 7.97. The summed E-state index contributed by atoms with van der Waals surface area (Å²) in [5.74, 6) is 0. The summed E-state index contributed by atoms with van der Waals surface area (Å²) in [6.07, 6.45) is 30.8. The van der Waals surface area contributed by atoms with Crippen LogP contribution in [0.4, 0.5) is 11.4 Å². The summed E-state index contributed by atoms with van der Waals surface area (Å²) in [6.45, 7) is 2.30. The van der Waals surface area contributed by atoms with Gasteiger partial charge in [0.25, 0.3) is 0 Å². The fourth-order valence-corrected chi connectivity index (χ4v) is 5.93. The highest BCUT2D eigenvalue weighted by atomic mass is 14.6. The number of unbranched alkanes of at least 4 members (excludes halogenated alkanes) is 15. The summed E-state index contributed by atoms with van der Waals surface area (Å²) in [5.41, 5.74) is 16.0. The first kappa shape index (κ1) is 27.1. The van der Waals surface area contributed by atoms with Crippen LogP contribution in [0, 0.1) is 0 Å². The number of nitrogens with two attached hydrogens (primary N) is 2. The Kier molecular flexibility index (Phi) is 13.9. The Balaban J connectivity index is 1.51. The van der Waals surface area contributed by atoms with E-state index >= 15 is 0 Å². The Hall–Kier alpha value is -1.18. The van der Waals surface area contributed by atoms with Gasteiger partial charge in [-0.05, 0) is 48.4 Å². The molecule has 4 N–H and O–H groups in total. The SMILES string of the molecule is CCCCCCCCCCCCCCCCCCC1(c2cc(N)ccc2N)CCCCC1. The molecule has 0 bridgehead atoms. The standard InChI is InChI=1S/C30H54N2/c1-2-3-4-5-6-7-8-9-10-11-12-13-14-15-16-18-23-30(24-19-17-20-25-30)28-26-27(31)21-22-29(28)32/h21-22,26H,2-20,23-25,31-32H2,1H3. The summed E-state index contributed by atoms with van der Waals surface area (Å²) in [7, 11) is 0. The summed E-state index contributed by atoms with van der Waals surface area (Å²) >= 11 is 0. The summed E-state index contributed by atoms with van der Waals surface area (Å²) < 4.78 is 0. The molecule has 1 aromatic carbocycles. The zero-order chi connectivity index (χ0) is 22.9. The van der Waals surface area contributed by atoms with Gasteiger partial charge in [0, 0.05) is 11.4 Å². The molecular formula is C30H54N2. The third-order valence-electron chi connectivity index (χ3n) is 7.97. The van der Waals surface area contributed by atoms with Gasteiger partial charge < -0.3 is 11.5 Å². The molecule has 1 saturated carbocycles. The van der Waals surface area contributed by atoms with E-state index in [1.807, 2.05) is 12.1 Å². The summed E-state index contributed by atoms with van der Waals surface area (Å²) in [6, 6.07) is 6.14. The van der Waals surface area contributed by atoms with Crippen LogP contribution in [0.25, 0.3) is 0 Å². The van der Waals surface area contributed by atoms with Crippen LogP contribution < -0.4 is 11.5 Å². The highest BCUT2D eigenvalue weighted by Crippen LogP contribution is 2.46. The second kappa shape index (κ2) is 16.4. The van der Waals surface area contributed by atoms with Crippen LogP contribution in [-0.2, 0) is 5.41 Å². The zero-order valence-electron chi connectivity index (χ0n) is 21.4. The number of nitrogen functional groups attached to an aromatic ring is 2. The molecule has 0 radical (unpaired) electrons. The first-order valence-electron chi connectivity index (χ1n) is 14.3. The molecule has 2 rings (SSSR count). The van der Waals surface area contributed by atoms with Crippen molar-refractivity contribution < 1.29 is 0 Å². The first-order valence-corrected chi connectivity index (χ1v) is 14.3. The lowest BCUT2D eigenvalue weighted by molar-refractivity contribution is 0.266. The van der Waals surface area contributed by atoms with Gasteiger partial charge in [0.1, 0.15) is 0 Å². The molecule has 1 aliphatic carbocycles. The van der Waals surface area contributed by atoms with Crippen molar-refractivity contribution in [3.05, 3.63) is 23.8 Å². The van der Waals surface area contributed by atoms with Gasteiger partial charge in [-0.25, -0.2) is 0 Å². The smallest absolute Gasteiger partial charge is 0.0353 e. The number of rotatable bonds is 18. The number of hydrogen-bond acceptors (Lipinski definition) is 2. The van der Waals surface area contributed by atoms with Crippen molar-refractivity contribution >= 4 is 11.4 Å². The molecule has 0 saturated heterocycles. The van der Waals surface area contributed by atoms with E-state index in [9.17, 15) is 0 Å². The minimum atomic E-state index is 0.285. The molecular weight excluding hydrogens is 388 g/mol. The van der Waals surface area contributed by atoms with Crippen LogP contribution >= 0.6 is 0 Å². The van der Waals surface area contributed by atoms with Crippen LogP contribution in [0.15, 0.2) is 18.2 Å². The lowest BCUT2D eigenvalue weighted by Gasteiger charge is -2.39. The average molecular weight is 443 g/mol. The van der Waals surface area contributed by atoms with Crippen LogP contribution in [-0.4, -0.2) is 0 Å². The van der Waals surface area contributed by atoms with Crippen LogP contribution in [0.5, 0.6) is 0 Å². The zero-order valence-corrected chi connectivity index (χ0v) is 21.4. The molecule has 2 heteroatoms. The Morgan fingerprint density at radius 2 is 1.09 bits per heavy atom. The maximum atomic E-state index is 6.41. The third kappa shape index (κ3) is 10.2. The molecule has 0 amide bonds. The van der Waals surface area contributed by atoms with Gasteiger partial charge in [-0.3, -0.25) is 0 Å². The highest BCUT2D eigenvalue weighted by molar-refractivity contribution is 5.58. The Bertz CT molecular complexity index is 588. The molecule has 1 aliphatic rings. The van der Waals surface area contributed by atoms with Crippen molar-refractivity contribution in [2.75, 3.05) is 11.5 Å². The molecule has 0 atom stereocenters. The normalized spacial score (nSPS) is 15.8. The van der Waals surface area contributed by atoms with E-state index in [1.54, 1.807) is 0 Å². The van der Waals surface area contributed by atoms with E-state index in [1.165, 1.54) is 147 Å². The van der Waals surface area contributed by atoms with Gasteiger partial charge in [0.15, 0.2) is 0 Å². The maximum absolute atomic E-state index is 6.41. The van der Waals surface area contributed by atoms with E-state index in [0.29, 0.717) is 0 Å². The highest BCUT2D eigenvalue weighted by Gasteiger charge is 2.34. The first-order chi connectivity index (χ1) is 15.7. The van der Waals surface area contributed by atoms with E-state index < -0.39 is 0 Å². The van der Waals surface area contributed by atoms with Gasteiger partial charge in [0.2, 0.25) is 0 Å². The Labute approximate surface area is 200 Å². The number of anilines is 2. The van der Waals surface area contributed by atoms with Gasteiger partial charge in [-0.1, -0.05) is 129 Å². The minimum absolute atomic E-state index is 0.285. The molecule has 0 heterocycles. The molecule has 184 valence electrons. The lowest BCUT2D eigenvalue weighted by Crippen LogP contribution is -2.30. The van der Waals surface area contributed by atoms with Gasteiger partial charge >= 0.3 is 0 Å². The second-order valence-corrected chi connectivity index (χ2v) is 10.7. The summed E-state index contributed by atoms with van der Waals surface area (Å²) in [5, 5.41) is 0. The van der Waals surface area contributed by atoms with Crippen molar-refractivity contribution in [2.45, 2.75) is 154 Å². The Morgan fingerprint density at radius 3 is 1.59 bits per heavy atom. The van der Waals surface area contributed by atoms with E-state index in [2.05, 4.69) is 13.0 Å². The fourth-order valence-electron chi connectivity index (χ4n) is 5.93. The molecule has 0 aliphatic heterocycles. The molecule has 2 nitrogen and oxygen atoms in total. The molecule has 1 aromatic rings. The lowest BCUT2D eigenvalue weighted by atomic mass is 9.66. The Morgan fingerprint density at radius 1 is 0.625 bits per heavy atom. The average Bonchev–Trinajstić information content (AvgIpc) is 2.81. The topological polar surface area (TPSA) is 52.0 Å². The van der Waals surface area contributed by atoms with Gasteiger partial charge in [-0.2, -0.15) is 0 Å². The predicted molar refractivity (Wildman–Crippen MR) is 144 cm³/mol. The largest absolute Gasteiger partial charge is 0.399 e. The van der Waals surface area contributed by atoms with Crippen molar-refractivity contribution in [2.24, 2.45) is 0 Å². The monoisotopic (exact) mass is 442 g/mol. The van der Waals surface area contributed by atoms with Crippen LogP contribution in [0.2, 0.25) is 0 Å².